The molecule has 0 aliphatic rings. The van der Waals surface area contributed by atoms with Gasteiger partial charge in [-0.2, -0.15) is 0 Å². The lowest BCUT2D eigenvalue weighted by Crippen LogP contribution is -2.24. The summed E-state index contributed by atoms with van der Waals surface area (Å²) in [7, 11) is 1.62. The number of carbonyl (C=O) groups is 1. The van der Waals surface area contributed by atoms with Crippen molar-refractivity contribution in [2.24, 2.45) is 0 Å². The van der Waals surface area contributed by atoms with Crippen molar-refractivity contribution in [3.63, 3.8) is 0 Å². The highest BCUT2D eigenvalue weighted by Gasteiger charge is 2.22. The van der Waals surface area contributed by atoms with Crippen molar-refractivity contribution in [1.82, 2.24) is 20.4 Å². The molecule has 0 saturated carbocycles. The Morgan fingerprint density at radius 1 is 1.13 bits per heavy atom. The third kappa shape index (κ3) is 4.51. The van der Waals surface area contributed by atoms with E-state index in [9.17, 15) is 4.79 Å². The van der Waals surface area contributed by atoms with Gasteiger partial charge in [-0.05, 0) is 24.6 Å². The Morgan fingerprint density at radius 2 is 1.97 bits per heavy atom. The highest BCUT2D eigenvalue weighted by atomic mass is 16.5. The number of hydrogen-bond acceptors (Lipinski definition) is 6. The largest absolute Gasteiger partial charge is 0.381 e. The molecule has 0 saturated heterocycles. The van der Waals surface area contributed by atoms with Gasteiger partial charge in [0.1, 0.15) is 5.69 Å². The summed E-state index contributed by atoms with van der Waals surface area (Å²) in [5.41, 5.74) is 4.57. The van der Waals surface area contributed by atoms with E-state index in [4.69, 9.17) is 9.26 Å². The molecule has 156 valence electrons. The Kier molecular flexibility index (Phi) is 6.14. The van der Waals surface area contributed by atoms with Crippen LogP contribution >= 0.6 is 0 Å². The first-order valence-electron chi connectivity index (χ1n) is 9.87. The Bertz CT molecular complexity index is 1230. The second kappa shape index (κ2) is 9.32. The van der Waals surface area contributed by atoms with E-state index < -0.39 is 0 Å². The van der Waals surface area contributed by atoms with E-state index in [2.05, 4.69) is 20.4 Å². The summed E-state index contributed by atoms with van der Waals surface area (Å²) < 4.78 is 10.5. The summed E-state index contributed by atoms with van der Waals surface area (Å²) >= 11 is 0. The minimum absolute atomic E-state index is 0.239. The molecule has 3 aromatic heterocycles. The highest BCUT2D eigenvalue weighted by molar-refractivity contribution is 6.10. The van der Waals surface area contributed by atoms with Crippen LogP contribution in [0.4, 0.5) is 0 Å². The molecule has 7 heteroatoms. The van der Waals surface area contributed by atoms with Crippen LogP contribution in [-0.2, 0) is 4.74 Å². The predicted molar refractivity (Wildman–Crippen MR) is 119 cm³/mol. The monoisotopic (exact) mass is 414 g/mol. The Morgan fingerprint density at radius 3 is 2.74 bits per heavy atom. The molecule has 0 atom stereocenters. The van der Waals surface area contributed by atoms with Crippen molar-refractivity contribution in [1.29, 1.82) is 0 Å². The predicted octanol–water partition coefficient (Wildman–Crippen LogP) is 4.19. The number of ether oxygens (including phenoxy) is 1. The van der Waals surface area contributed by atoms with Crippen LogP contribution in [0, 0.1) is 6.92 Å². The summed E-state index contributed by atoms with van der Waals surface area (Å²) in [6, 6.07) is 13.3. The van der Waals surface area contributed by atoms with Crippen LogP contribution < -0.4 is 5.32 Å². The minimum atomic E-state index is -0.239. The molecule has 4 rings (SSSR count). The van der Waals surface area contributed by atoms with Crippen LogP contribution in [0.3, 0.4) is 0 Å². The van der Waals surface area contributed by atoms with Crippen LogP contribution in [0.2, 0.25) is 0 Å². The Labute approximate surface area is 179 Å². The first-order valence-corrected chi connectivity index (χ1v) is 9.87. The third-order valence-electron chi connectivity index (χ3n) is 4.72. The fourth-order valence-corrected chi connectivity index (χ4v) is 3.26. The molecule has 1 aromatic carbocycles. The fourth-order valence-electron chi connectivity index (χ4n) is 3.26. The number of pyridine rings is 2. The molecule has 1 amide bonds. The van der Waals surface area contributed by atoms with Gasteiger partial charge in [0.15, 0.2) is 0 Å². The van der Waals surface area contributed by atoms with Gasteiger partial charge in [0.2, 0.25) is 0 Å². The van der Waals surface area contributed by atoms with E-state index >= 15 is 0 Å². The summed E-state index contributed by atoms with van der Waals surface area (Å²) in [6.07, 6.45) is 7.17. The van der Waals surface area contributed by atoms with E-state index in [1.54, 1.807) is 25.6 Å². The van der Waals surface area contributed by atoms with E-state index in [0.717, 1.165) is 16.7 Å². The number of rotatable bonds is 7. The Balaban J connectivity index is 1.81. The molecule has 0 aliphatic carbocycles. The van der Waals surface area contributed by atoms with Gasteiger partial charge < -0.3 is 14.6 Å². The van der Waals surface area contributed by atoms with Gasteiger partial charge in [-0.25, -0.2) is 4.98 Å². The van der Waals surface area contributed by atoms with Gasteiger partial charge in [0.05, 0.1) is 23.3 Å². The fraction of sp³-hybridized carbons (Fsp3) is 0.167. The van der Waals surface area contributed by atoms with E-state index in [0.29, 0.717) is 41.2 Å². The molecule has 4 aromatic rings. The number of aromatic nitrogens is 3. The summed E-state index contributed by atoms with van der Waals surface area (Å²) in [5, 5.41) is 7.71. The van der Waals surface area contributed by atoms with Crippen molar-refractivity contribution in [2.45, 2.75) is 6.92 Å². The molecule has 3 heterocycles. The molecule has 1 N–H and O–H groups in total. The number of fused-ring (bicyclic) bond motifs is 1. The lowest BCUT2D eigenvalue weighted by Gasteiger charge is -2.08. The molecule has 7 nitrogen and oxygen atoms in total. The zero-order valence-electron chi connectivity index (χ0n) is 17.3. The highest BCUT2D eigenvalue weighted by Crippen LogP contribution is 2.32. The van der Waals surface area contributed by atoms with Crippen molar-refractivity contribution >= 4 is 17.0 Å². The number of nitrogens with one attached hydrogen (secondary N) is 1. The number of methoxy groups -OCH3 is 1. The zero-order chi connectivity index (χ0) is 21.6. The van der Waals surface area contributed by atoms with Crippen molar-refractivity contribution in [3.05, 3.63) is 78.1 Å². The quantitative estimate of drug-likeness (QED) is 0.456. The summed E-state index contributed by atoms with van der Waals surface area (Å²) in [5.74, 6) is -0.239. The maximum absolute atomic E-state index is 13.1. The number of nitrogens with zero attached hydrogens (tertiary/aromatic N) is 3. The van der Waals surface area contributed by atoms with Crippen LogP contribution in [-0.4, -0.2) is 41.3 Å². The molecule has 0 spiro atoms. The van der Waals surface area contributed by atoms with Crippen molar-refractivity contribution in [2.75, 3.05) is 20.3 Å². The molecule has 0 bridgehead atoms. The van der Waals surface area contributed by atoms with Gasteiger partial charge in [-0.3, -0.25) is 9.78 Å². The SMILES string of the molecule is COC/C=C/CNC(=O)c1cc(-c2cncc(C)c2)nc2onc(-c3ccccc3)c12. The van der Waals surface area contributed by atoms with Gasteiger partial charge >= 0.3 is 0 Å². The number of hydrogen-bond donors (Lipinski definition) is 1. The molecule has 0 fully saturated rings. The van der Waals surface area contributed by atoms with E-state index in [-0.39, 0.29) is 5.91 Å². The number of benzene rings is 1. The maximum Gasteiger partial charge on any atom is 0.259 e. The molecule has 0 radical (unpaired) electrons. The topological polar surface area (TPSA) is 90.1 Å². The number of aryl methyl sites for hydroxylation is 1. The Hall–Kier alpha value is -3.84. The smallest absolute Gasteiger partial charge is 0.259 e. The standard InChI is InChI=1S/C24H22N4O3/c1-16-12-18(15-25-14-16)20-13-19(23(29)26-10-6-7-11-30-2)21-22(28-31-24(21)27-20)17-8-4-3-5-9-17/h3-9,12-15H,10-11H2,1-2H3,(H,26,29)/b7-6+. The number of carbonyl (C=O) groups excluding carboxylic acids is 1. The molecule has 0 aliphatic heterocycles. The van der Waals surface area contributed by atoms with Gasteiger partial charge in [0, 0.05) is 37.2 Å². The molecular weight excluding hydrogens is 392 g/mol. The second-order valence-corrected chi connectivity index (χ2v) is 7.02. The lowest BCUT2D eigenvalue weighted by atomic mass is 10.0. The average molecular weight is 414 g/mol. The van der Waals surface area contributed by atoms with Crippen LogP contribution in [0.5, 0.6) is 0 Å². The van der Waals surface area contributed by atoms with E-state index in [1.807, 2.05) is 55.5 Å². The van der Waals surface area contributed by atoms with Gasteiger partial charge in [-0.1, -0.05) is 47.6 Å². The molecular formula is C24H22N4O3. The van der Waals surface area contributed by atoms with E-state index in [1.165, 1.54) is 0 Å². The summed E-state index contributed by atoms with van der Waals surface area (Å²) in [6.45, 7) is 2.82. The average Bonchev–Trinajstić information content (AvgIpc) is 3.23. The maximum atomic E-state index is 13.1. The summed E-state index contributed by atoms with van der Waals surface area (Å²) in [4.78, 5) is 22.0. The van der Waals surface area contributed by atoms with Crippen LogP contribution in [0.1, 0.15) is 15.9 Å². The normalized spacial score (nSPS) is 11.3. The van der Waals surface area contributed by atoms with Gasteiger partial charge in [0.25, 0.3) is 11.6 Å². The number of amides is 1. The minimum Gasteiger partial charge on any atom is -0.381 e. The zero-order valence-corrected chi connectivity index (χ0v) is 17.3. The first-order chi connectivity index (χ1) is 15.2. The third-order valence-corrected chi connectivity index (χ3v) is 4.72. The lowest BCUT2D eigenvalue weighted by molar-refractivity contribution is 0.0959. The van der Waals surface area contributed by atoms with Crippen molar-refractivity contribution in [3.8, 4) is 22.5 Å². The van der Waals surface area contributed by atoms with Gasteiger partial charge in [-0.15, -0.1) is 0 Å². The van der Waals surface area contributed by atoms with Crippen LogP contribution in [0.15, 0.2) is 71.5 Å². The second-order valence-electron chi connectivity index (χ2n) is 7.02. The first kappa shape index (κ1) is 20.4. The van der Waals surface area contributed by atoms with Crippen LogP contribution in [0.25, 0.3) is 33.6 Å². The molecule has 31 heavy (non-hydrogen) atoms. The molecule has 0 unspecified atom stereocenters. The van der Waals surface area contributed by atoms with Crippen molar-refractivity contribution < 1.29 is 14.1 Å².